The summed E-state index contributed by atoms with van der Waals surface area (Å²) in [5, 5.41) is 0. The van der Waals surface area contributed by atoms with Crippen molar-refractivity contribution in [3.8, 4) is 0 Å². The van der Waals surface area contributed by atoms with Crippen molar-refractivity contribution in [3.05, 3.63) is 33.7 Å². The van der Waals surface area contributed by atoms with Gasteiger partial charge in [0, 0.05) is 18.3 Å². The minimum atomic E-state index is -0.698. The number of carbonyl (C=O) groups is 1. The molecule has 1 heterocycles. The van der Waals surface area contributed by atoms with Crippen molar-refractivity contribution in [2.75, 3.05) is 0 Å². The molecule has 0 unspecified atom stereocenters. The van der Waals surface area contributed by atoms with E-state index >= 15 is 0 Å². The number of pyridine rings is 1. The third-order valence-corrected chi connectivity index (χ3v) is 3.55. The van der Waals surface area contributed by atoms with Gasteiger partial charge in [-0.15, -0.1) is 0 Å². The van der Waals surface area contributed by atoms with Crippen LogP contribution in [-0.4, -0.2) is 10.5 Å². The molecule has 0 saturated carbocycles. The molecule has 0 spiro atoms. The van der Waals surface area contributed by atoms with Crippen LogP contribution in [0.5, 0.6) is 0 Å². The molecule has 3 N–H and O–H groups in total. The molecule has 5 heteroatoms. The van der Waals surface area contributed by atoms with Gasteiger partial charge in [-0.2, -0.15) is 0 Å². The van der Waals surface area contributed by atoms with E-state index in [1.54, 1.807) is 24.5 Å². The number of aromatic nitrogens is 1. The maximum Gasteiger partial charge on any atom is 0.250 e. The summed E-state index contributed by atoms with van der Waals surface area (Å²) in [5.41, 5.74) is 3.70. The predicted octanol–water partition coefficient (Wildman–Crippen LogP) is 0.353. The number of fused-ring (bicyclic) bond motifs is 1. The van der Waals surface area contributed by atoms with Crippen LogP contribution in [0.15, 0.2) is 16.9 Å². The molecular formula is C13H19N3O2. The lowest BCUT2D eigenvalue weighted by Crippen LogP contribution is -2.44. The Bertz CT molecular complexity index is 532. The lowest BCUT2D eigenvalue weighted by molar-refractivity contribution is -0.130. The molecule has 0 radical (unpaired) electrons. The highest BCUT2D eigenvalue weighted by Gasteiger charge is 2.29. The lowest BCUT2D eigenvalue weighted by Gasteiger charge is -2.25. The summed E-state index contributed by atoms with van der Waals surface area (Å²) in [6, 6.07) is 3.48. The first-order valence-corrected chi connectivity index (χ1v) is 6.18. The van der Waals surface area contributed by atoms with Gasteiger partial charge < -0.3 is 4.57 Å². The number of aryl methyl sites for hydroxylation is 1. The van der Waals surface area contributed by atoms with E-state index in [1.807, 2.05) is 6.07 Å². The highest BCUT2D eigenvalue weighted by molar-refractivity contribution is 5.81. The Morgan fingerprint density at radius 3 is 2.83 bits per heavy atom. The zero-order valence-electron chi connectivity index (χ0n) is 10.8. The molecule has 0 atom stereocenters. The first kappa shape index (κ1) is 12.8. The summed E-state index contributed by atoms with van der Waals surface area (Å²) in [5.74, 6) is 4.92. The van der Waals surface area contributed by atoms with Crippen molar-refractivity contribution in [2.24, 2.45) is 11.3 Å². The van der Waals surface area contributed by atoms with E-state index < -0.39 is 5.41 Å². The number of nitrogens with two attached hydrogens (primary N) is 1. The molecule has 5 nitrogen and oxygen atoms in total. The van der Waals surface area contributed by atoms with Gasteiger partial charge in [0.25, 0.3) is 5.56 Å². The van der Waals surface area contributed by atoms with E-state index in [9.17, 15) is 9.59 Å². The van der Waals surface area contributed by atoms with Gasteiger partial charge in [0.15, 0.2) is 0 Å². The Hall–Kier alpha value is -1.62. The van der Waals surface area contributed by atoms with Crippen LogP contribution >= 0.6 is 0 Å². The number of hydrogen-bond donors (Lipinski definition) is 2. The van der Waals surface area contributed by atoms with Crippen molar-refractivity contribution in [3.63, 3.8) is 0 Å². The molecule has 1 aromatic heterocycles. The molecule has 0 bridgehead atoms. The molecule has 1 amide bonds. The second kappa shape index (κ2) is 4.57. The monoisotopic (exact) mass is 249 g/mol. The van der Waals surface area contributed by atoms with Gasteiger partial charge in [-0.25, -0.2) is 5.84 Å². The largest absolute Gasteiger partial charge is 0.311 e. The molecular weight excluding hydrogens is 230 g/mol. The molecule has 18 heavy (non-hydrogen) atoms. The van der Waals surface area contributed by atoms with Crippen LogP contribution in [0.2, 0.25) is 0 Å². The molecule has 98 valence electrons. The summed E-state index contributed by atoms with van der Waals surface area (Å²) in [4.78, 5) is 23.7. The fourth-order valence-corrected chi connectivity index (χ4v) is 2.47. The smallest absolute Gasteiger partial charge is 0.250 e. The molecule has 2 rings (SSSR count). The fraction of sp³-hybridized carbons (Fsp3) is 0.538. The van der Waals surface area contributed by atoms with Crippen molar-refractivity contribution in [1.29, 1.82) is 0 Å². The normalized spacial score (nSPS) is 14.4. The van der Waals surface area contributed by atoms with Crippen LogP contribution in [0.4, 0.5) is 0 Å². The first-order chi connectivity index (χ1) is 8.45. The molecule has 1 aliphatic carbocycles. The van der Waals surface area contributed by atoms with E-state index in [0.717, 1.165) is 25.0 Å². The summed E-state index contributed by atoms with van der Waals surface area (Å²) in [6.07, 6.45) is 2.99. The zero-order valence-corrected chi connectivity index (χ0v) is 10.8. The standard InChI is InChI=1S/C13H19N3O2/c1-13(2,12(18)15-14)8-16-10-5-3-4-9(10)6-7-11(16)17/h6-7H,3-5,8,14H2,1-2H3,(H,15,18). The fourth-order valence-electron chi connectivity index (χ4n) is 2.47. The Kier molecular flexibility index (Phi) is 3.26. The third kappa shape index (κ3) is 2.18. The molecule has 0 aromatic carbocycles. The van der Waals surface area contributed by atoms with Gasteiger partial charge in [-0.3, -0.25) is 15.0 Å². The minimum absolute atomic E-state index is 0.0476. The predicted molar refractivity (Wildman–Crippen MR) is 68.8 cm³/mol. The van der Waals surface area contributed by atoms with Crippen LogP contribution in [0.3, 0.4) is 0 Å². The van der Waals surface area contributed by atoms with Crippen LogP contribution in [0.25, 0.3) is 0 Å². The van der Waals surface area contributed by atoms with Gasteiger partial charge in [0.1, 0.15) is 0 Å². The maximum atomic E-state index is 12.0. The van der Waals surface area contributed by atoms with Crippen molar-refractivity contribution >= 4 is 5.91 Å². The van der Waals surface area contributed by atoms with E-state index in [1.165, 1.54) is 5.56 Å². The van der Waals surface area contributed by atoms with Crippen LogP contribution in [0.1, 0.15) is 31.5 Å². The number of hydrogen-bond acceptors (Lipinski definition) is 3. The van der Waals surface area contributed by atoms with Crippen molar-refractivity contribution in [2.45, 2.75) is 39.7 Å². The Morgan fingerprint density at radius 1 is 1.44 bits per heavy atom. The highest BCUT2D eigenvalue weighted by Crippen LogP contribution is 2.24. The van der Waals surface area contributed by atoms with Gasteiger partial charge in [0.05, 0.1) is 5.41 Å². The third-order valence-electron chi connectivity index (χ3n) is 3.55. The number of rotatable bonds is 3. The van der Waals surface area contributed by atoms with Crippen molar-refractivity contribution in [1.82, 2.24) is 9.99 Å². The average molecular weight is 249 g/mol. The van der Waals surface area contributed by atoms with Crippen LogP contribution < -0.4 is 16.8 Å². The van der Waals surface area contributed by atoms with E-state index in [4.69, 9.17) is 5.84 Å². The van der Waals surface area contributed by atoms with Gasteiger partial charge in [-0.1, -0.05) is 6.07 Å². The average Bonchev–Trinajstić information content (AvgIpc) is 2.80. The Labute approximate surface area is 106 Å². The lowest BCUT2D eigenvalue weighted by atomic mass is 9.92. The van der Waals surface area contributed by atoms with Gasteiger partial charge in [-0.05, 0) is 38.7 Å². The first-order valence-electron chi connectivity index (χ1n) is 6.18. The highest BCUT2D eigenvalue weighted by atomic mass is 16.2. The second-order valence-electron chi connectivity index (χ2n) is 5.44. The van der Waals surface area contributed by atoms with E-state index in [2.05, 4.69) is 5.43 Å². The molecule has 0 aliphatic heterocycles. The molecule has 0 saturated heterocycles. The van der Waals surface area contributed by atoms with Gasteiger partial charge in [0.2, 0.25) is 5.91 Å². The van der Waals surface area contributed by atoms with E-state index in [0.29, 0.717) is 6.54 Å². The summed E-state index contributed by atoms with van der Waals surface area (Å²) >= 11 is 0. The number of carbonyl (C=O) groups excluding carboxylic acids is 1. The molecule has 1 aromatic rings. The van der Waals surface area contributed by atoms with Crippen LogP contribution in [0, 0.1) is 5.41 Å². The van der Waals surface area contributed by atoms with Crippen LogP contribution in [-0.2, 0) is 24.2 Å². The van der Waals surface area contributed by atoms with Gasteiger partial charge >= 0.3 is 0 Å². The number of amides is 1. The Morgan fingerprint density at radius 2 is 2.17 bits per heavy atom. The molecule has 1 aliphatic rings. The Balaban J connectivity index is 2.38. The topological polar surface area (TPSA) is 77.1 Å². The zero-order chi connectivity index (χ0) is 13.3. The maximum absolute atomic E-state index is 12.0. The number of hydrazine groups is 1. The number of nitrogens with one attached hydrogen (secondary N) is 1. The molecule has 0 fully saturated rings. The quantitative estimate of drug-likeness (QED) is 0.461. The summed E-state index contributed by atoms with van der Waals surface area (Å²) in [7, 11) is 0. The summed E-state index contributed by atoms with van der Waals surface area (Å²) < 4.78 is 1.72. The second-order valence-corrected chi connectivity index (χ2v) is 5.44. The number of nitrogens with zero attached hydrogens (tertiary/aromatic N) is 1. The minimum Gasteiger partial charge on any atom is -0.311 e. The SMILES string of the molecule is CC(C)(Cn1c2c(ccc1=O)CCC2)C(=O)NN. The summed E-state index contributed by atoms with van der Waals surface area (Å²) in [6.45, 7) is 3.93. The van der Waals surface area contributed by atoms with Crippen molar-refractivity contribution < 1.29 is 4.79 Å². The van der Waals surface area contributed by atoms with E-state index in [-0.39, 0.29) is 11.5 Å².